The summed E-state index contributed by atoms with van der Waals surface area (Å²) in [6.45, 7) is 5.92. The van der Waals surface area contributed by atoms with Crippen LogP contribution in [0.25, 0.3) is 6.08 Å². The third kappa shape index (κ3) is 4.56. The number of methoxy groups -OCH3 is 1. The zero-order chi connectivity index (χ0) is 17.4. The first-order valence-corrected chi connectivity index (χ1v) is 8.16. The first-order valence-electron chi connectivity index (χ1n) is 8.16. The number of carbonyl (C=O) groups excluding carboxylic acids is 1. The summed E-state index contributed by atoms with van der Waals surface area (Å²) >= 11 is 0. The molecule has 0 heterocycles. The van der Waals surface area contributed by atoms with E-state index in [1.54, 1.807) is 0 Å². The fourth-order valence-corrected chi connectivity index (χ4v) is 2.81. The quantitative estimate of drug-likeness (QED) is 0.677. The summed E-state index contributed by atoms with van der Waals surface area (Å²) in [6.07, 6.45) is 2.98. The summed E-state index contributed by atoms with van der Waals surface area (Å²) in [4.78, 5) is 12.0. The highest BCUT2D eigenvalue weighted by Crippen LogP contribution is 2.28. The van der Waals surface area contributed by atoms with Crippen LogP contribution >= 0.6 is 0 Å². The van der Waals surface area contributed by atoms with E-state index in [1.165, 1.54) is 12.7 Å². The highest BCUT2D eigenvalue weighted by atomic mass is 16.6. The lowest BCUT2D eigenvalue weighted by atomic mass is 9.93. The number of benzene rings is 2. The summed E-state index contributed by atoms with van der Waals surface area (Å²) in [5.74, 6) is -0.357. The van der Waals surface area contributed by atoms with E-state index >= 15 is 0 Å². The Hall–Kier alpha value is -2.39. The average Bonchev–Trinajstić information content (AvgIpc) is 2.61. The summed E-state index contributed by atoms with van der Waals surface area (Å²) in [7, 11) is 1.49. The SMILES string of the molecule is C=Cc1ccccc1CC(OC(=O)COC)c1ccccc1CC. The predicted molar refractivity (Wildman–Crippen MR) is 96.8 cm³/mol. The normalized spacial score (nSPS) is 11.8. The Kier molecular flexibility index (Phi) is 6.76. The molecular weight excluding hydrogens is 300 g/mol. The molecular formula is C21H24O3. The topological polar surface area (TPSA) is 35.5 Å². The molecule has 0 aromatic heterocycles. The van der Waals surface area contributed by atoms with Crippen molar-refractivity contribution in [1.29, 1.82) is 0 Å². The molecule has 0 radical (unpaired) electrons. The van der Waals surface area contributed by atoms with E-state index in [2.05, 4.69) is 19.6 Å². The van der Waals surface area contributed by atoms with Crippen LogP contribution in [0.3, 0.4) is 0 Å². The lowest BCUT2D eigenvalue weighted by Gasteiger charge is -2.22. The maximum absolute atomic E-state index is 12.0. The smallest absolute Gasteiger partial charge is 0.332 e. The van der Waals surface area contributed by atoms with Gasteiger partial charge in [0.1, 0.15) is 12.7 Å². The number of hydrogen-bond acceptors (Lipinski definition) is 3. The van der Waals surface area contributed by atoms with E-state index < -0.39 is 0 Å². The van der Waals surface area contributed by atoms with Crippen LogP contribution in [0, 0.1) is 0 Å². The van der Waals surface area contributed by atoms with Gasteiger partial charge in [0.05, 0.1) is 0 Å². The summed E-state index contributed by atoms with van der Waals surface area (Å²) in [5.41, 5.74) is 4.39. The largest absolute Gasteiger partial charge is 0.455 e. The molecule has 2 rings (SSSR count). The van der Waals surface area contributed by atoms with Crippen molar-refractivity contribution in [2.75, 3.05) is 13.7 Å². The molecule has 1 unspecified atom stereocenters. The van der Waals surface area contributed by atoms with Crippen molar-refractivity contribution < 1.29 is 14.3 Å². The highest BCUT2D eigenvalue weighted by molar-refractivity contribution is 5.71. The second-order valence-corrected chi connectivity index (χ2v) is 5.57. The van der Waals surface area contributed by atoms with Crippen molar-refractivity contribution >= 4 is 12.0 Å². The lowest BCUT2D eigenvalue weighted by molar-refractivity contribution is -0.153. The van der Waals surface area contributed by atoms with Gasteiger partial charge >= 0.3 is 5.97 Å². The number of carbonyl (C=O) groups is 1. The molecule has 0 spiro atoms. The molecule has 0 aliphatic carbocycles. The third-order valence-corrected chi connectivity index (χ3v) is 4.00. The van der Waals surface area contributed by atoms with Crippen molar-refractivity contribution in [1.82, 2.24) is 0 Å². The minimum atomic E-state index is -0.357. The maximum Gasteiger partial charge on any atom is 0.332 e. The maximum atomic E-state index is 12.0. The van der Waals surface area contributed by atoms with E-state index in [9.17, 15) is 4.79 Å². The Labute approximate surface area is 143 Å². The van der Waals surface area contributed by atoms with Gasteiger partial charge in [-0.3, -0.25) is 0 Å². The van der Waals surface area contributed by atoms with E-state index in [0.29, 0.717) is 6.42 Å². The van der Waals surface area contributed by atoms with E-state index in [4.69, 9.17) is 9.47 Å². The molecule has 0 saturated carbocycles. The number of hydrogen-bond donors (Lipinski definition) is 0. The molecule has 1 atom stereocenters. The highest BCUT2D eigenvalue weighted by Gasteiger charge is 2.20. The van der Waals surface area contributed by atoms with Crippen LogP contribution < -0.4 is 0 Å². The van der Waals surface area contributed by atoms with Gasteiger partial charge in [0.25, 0.3) is 0 Å². The van der Waals surface area contributed by atoms with E-state index in [0.717, 1.165) is 23.1 Å². The standard InChI is InChI=1S/C21H24O3/c1-4-16-10-6-7-12-18(16)14-20(24-21(22)15-23-3)19-13-9-8-11-17(19)5-2/h4,6-13,20H,1,5,14-15H2,2-3H3. The molecule has 24 heavy (non-hydrogen) atoms. The molecule has 0 aliphatic heterocycles. The van der Waals surface area contributed by atoms with Crippen molar-refractivity contribution in [3.8, 4) is 0 Å². The van der Waals surface area contributed by atoms with E-state index in [1.807, 2.05) is 48.5 Å². The van der Waals surface area contributed by atoms with Gasteiger partial charge in [-0.2, -0.15) is 0 Å². The molecule has 0 N–H and O–H groups in total. The zero-order valence-corrected chi connectivity index (χ0v) is 14.3. The van der Waals surface area contributed by atoms with Gasteiger partial charge in [-0.25, -0.2) is 4.79 Å². The van der Waals surface area contributed by atoms with Crippen LogP contribution in [-0.4, -0.2) is 19.7 Å². The number of esters is 1. The minimum absolute atomic E-state index is 0.0477. The fourth-order valence-electron chi connectivity index (χ4n) is 2.81. The van der Waals surface area contributed by atoms with Crippen molar-refractivity contribution in [3.05, 3.63) is 77.4 Å². The van der Waals surface area contributed by atoms with Crippen molar-refractivity contribution in [3.63, 3.8) is 0 Å². The van der Waals surface area contributed by atoms with Gasteiger partial charge in [-0.05, 0) is 28.7 Å². The Morgan fingerprint density at radius 2 is 1.79 bits per heavy atom. The zero-order valence-electron chi connectivity index (χ0n) is 14.3. The molecule has 3 nitrogen and oxygen atoms in total. The molecule has 2 aromatic carbocycles. The lowest BCUT2D eigenvalue weighted by Crippen LogP contribution is -2.18. The molecule has 0 saturated heterocycles. The summed E-state index contributed by atoms with van der Waals surface area (Å²) in [5, 5.41) is 0. The van der Waals surface area contributed by atoms with Crippen LogP contribution in [0.1, 0.15) is 35.3 Å². The number of ether oxygens (including phenoxy) is 2. The number of rotatable bonds is 8. The Balaban J connectivity index is 2.35. The molecule has 0 fully saturated rings. The molecule has 126 valence electrons. The van der Waals surface area contributed by atoms with Crippen molar-refractivity contribution in [2.24, 2.45) is 0 Å². The number of aryl methyl sites for hydroxylation is 1. The molecule has 3 heteroatoms. The predicted octanol–water partition coefficient (Wildman–Crippen LogP) is 4.37. The van der Waals surface area contributed by atoms with Gasteiger partial charge in [-0.15, -0.1) is 0 Å². The Bertz CT molecular complexity index is 691. The van der Waals surface area contributed by atoms with Gasteiger partial charge in [0.15, 0.2) is 0 Å². The third-order valence-electron chi connectivity index (χ3n) is 4.00. The van der Waals surface area contributed by atoms with Crippen LogP contribution in [0.2, 0.25) is 0 Å². The molecule has 0 amide bonds. The molecule has 0 bridgehead atoms. The molecule has 2 aromatic rings. The second kappa shape index (κ2) is 9.04. The van der Waals surface area contributed by atoms with Gasteiger partial charge in [0.2, 0.25) is 0 Å². The van der Waals surface area contributed by atoms with Gasteiger partial charge < -0.3 is 9.47 Å². The molecule has 0 aliphatic rings. The summed E-state index contributed by atoms with van der Waals surface area (Å²) < 4.78 is 10.6. The Morgan fingerprint density at radius 3 is 2.46 bits per heavy atom. The van der Waals surface area contributed by atoms with Crippen LogP contribution in [-0.2, 0) is 27.1 Å². The fraction of sp³-hybridized carbons (Fsp3) is 0.286. The van der Waals surface area contributed by atoms with Gasteiger partial charge in [-0.1, -0.05) is 68.1 Å². The first kappa shape index (κ1) is 18.0. The second-order valence-electron chi connectivity index (χ2n) is 5.57. The van der Waals surface area contributed by atoms with Crippen molar-refractivity contribution in [2.45, 2.75) is 25.9 Å². The van der Waals surface area contributed by atoms with E-state index in [-0.39, 0.29) is 18.7 Å². The van der Waals surface area contributed by atoms with Gasteiger partial charge in [0, 0.05) is 13.5 Å². The first-order chi connectivity index (χ1) is 11.7. The minimum Gasteiger partial charge on any atom is -0.455 e. The van der Waals surface area contributed by atoms with Crippen LogP contribution in [0.4, 0.5) is 0 Å². The van der Waals surface area contributed by atoms with Crippen LogP contribution in [0.15, 0.2) is 55.1 Å². The summed E-state index contributed by atoms with van der Waals surface area (Å²) in [6, 6.07) is 16.1. The Morgan fingerprint density at radius 1 is 1.12 bits per heavy atom. The average molecular weight is 324 g/mol. The van der Waals surface area contributed by atoms with Crippen LogP contribution in [0.5, 0.6) is 0 Å². The monoisotopic (exact) mass is 324 g/mol.